The summed E-state index contributed by atoms with van der Waals surface area (Å²) in [5.41, 5.74) is 0.402. The van der Waals surface area contributed by atoms with Crippen LogP contribution < -0.4 is 0 Å². The molecule has 0 spiro atoms. The van der Waals surface area contributed by atoms with E-state index in [4.69, 9.17) is 0 Å². The number of likely N-dealkylation sites (tertiary alicyclic amines) is 1. The number of benzene rings is 1. The summed E-state index contributed by atoms with van der Waals surface area (Å²) in [6.45, 7) is 2.30. The second-order valence-corrected chi connectivity index (χ2v) is 6.02. The minimum Gasteiger partial charge on any atom is -0.481 e. The van der Waals surface area contributed by atoms with E-state index in [0.717, 1.165) is 0 Å². The zero-order valence-corrected chi connectivity index (χ0v) is 12.8. The van der Waals surface area contributed by atoms with Crippen molar-refractivity contribution in [2.24, 2.45) is 5.92 Å². The summed E-state index contributed by atoms with van der Waals surface area (Å²) >= 11 is 1.24. The van der Waals surface area contributed by atoms with Gasteiger partial charge in [0.1, 0.15) is 5.82 Å². The van der Waals surface area contributed by atoms with E-state index < -0.39 is 11.9 Å². The van der Waals surface area contributed by atoms with Gasteiger partial charge in [-0.25, -0.2) is 4.39 Å². The van der Waals surface area contributed by atoms with Gasteiger partial charge in [0.15, 0.2) is 0 Å². The van der Waals surface area contributed by atoms with E-state index in [0.29, 0.717) is 29.8 Å². The number of carbonyl (C=O) groups is 2. The molecule has 1 aliphatic rings. The molecule has 6 heteroatoms. The molecule has 0 unspecified atom stereocenters. The molecule has 4 nitrogen and oxygen atoms in total. The predicted octanol–water partition coefficient (Wildman–Crippen LogP) is 2.87. The summed E-state index contributed by atoms with van der Waals surface area (Å²) < 4.78 is 13.5. The molecule has 1 heterocycles. The molecular weight excluding hydrogens is 293 g/mol. The first-order valence-corrected chi connectivity index (χ1v) is 8.05. The molecule has 0 bridgehead atoms. The molecule has 1 amide bonds. The Kier molecular flexibility index (Phi) is 4.88. The van der Waals surface area contributed by atoms with Crippen molar-refractivity contribution < 1.29 is 19.1 Å². The first-order chi connectivity index (χ1) is 9.95. The van der Waals surface area contributed by atoms with Gasteiger partial charge in [-0.3, -0.25) is 9.59 Å². The van der Waals surface area contributed by atoms with Crippen molar-refractivity contribution in [3.8, 4) is 0 Å². The first kappa shape index (κ1) is 15.8. The lowest BCUT2D eigenvalue weighted by Crippen LogP contribution is -2.49. The van der Waals surface area contributed by atoms with Crippen LogP contribution in [0.3, 0.4) is 0 Å². The molecular formula is C15H18FNO3S. The van der Waals surface area contributed by atoms with Crippen LogP contribution in [-0.4, -0.2) is 40.7 Å². The summed E-state index contributed by atoms with van der Waals surface area (Å²) in [6.07, 6.45) is 3.00. The molecule has 114 valence electrons. The van der Waals surface area contributed by atoms with Gasteiger partial charge in [0, 0.05) is 23.0 Å². The van der Waals surface area contributed by atoms with Crippen LogP contribution in [0.4, 0.5) is 4.39 Å². The van der Waals surface area contributed by atoms with Crippen LogP contribution >= 0.6 is 11.8 Å². The second-order valence-electron chi connectivity index (χ2n) is 5.18. The van der Waals surface area contributed by atoms with Gasteiger partial charge < -0.3 is 10.0 Å². The number of hydrogen-bond acceptors (Lipinski definition) is 3. The van der Waals surface area contributed by atoms with E-state index in [1.807, 2.05) is 0 Å². The highest BCUT2D eigenvalue weighted by atomic mass is 32.2. The minimum atomic E-state index is -0.871. The smallest absolute Gasteiger partial charge is 0.308 e. The van der Waals surface area contributed by atoms with Crippen LogP contribution in [0.1, 0.15) is 30.1 Å². The number of hydrogen-bond donors (Lipinski definition) is 1. The molecule has 0 aliphatic carbocycles. The zero-order valence-electron chi connectivity index (χ0n) is 12.0. The maximum atomic E-state index is 13.5. The number of thioether (sulfide) groups is 1. The number of nitrogens with zero attached hydrogens (tertiary/aromatic N) is 1. The maximum absolute atomic E-state index is 13.5. The van der Waals surface area contributed by atoms with Gasteiger partial charge in [0.25, 0.3) is 5.91 Å². The molecule has 1 N–H and O–H groups in total. The monoisotopic (exact) mass is 311 g/mol. The summed E-state index contributed by atoms with van der Waals surface area (Å²) in [4.78, 5) is 25.8. The normalized spacial score (nSPS) is 22.1. The highest BCUT2D eigenvalue weighted by Gasteiger charge is 2.35. The van der Waals surface area contributed by atoms with E-state index in [1.54, 1.807) is 18.1 Å². The lowest BCUT2D eigenvalue weighted by molar-refractivity contribution is -0.144. The maximum Gasteiger partial charge on any atom is 0.308 e. The van der Waals surface area contributed by atoms with Crippen molar-refractivity contribution in [3.63, 3.8) is 0 Å². The summed E-state index contributed by atoms with van der Waals surface area (Å²) in [7, 11) is 0. The van der Waals surface area contributed by atoms with Crippen LogP contribution in [0, 0.1) is 11.7 Å². The van der Waals surface area contributed by atoms with Crippen LogP contribution in [0.25, 0.3) is 0 Å². The molecule has 1 aliphatic heterocycles. The van der Waals surface area contributed by atoms with Gasteiger partial charge in [-0.15, -0.1) is 11.8 Å². The molecule has 0 aromatic heterocycles. The fourth-order valence-corrected chi connectivity index (χ4v) is 3.23. The number of halogens is 1. The van der Waals surface area contributed by atoms with Gasteiger partial charge >= 0.3 is 5.97 Å². The SMILES string of the molecule is CSc1cc(C(=O)N2CCC[C@H](C(=O)O)[C@@H]2C)ccc1F. The quantitative estimate of drug-likeness (QED) is 0.872. The number of carboxylic acid groups (broad SMARTS) is 1. The number of piperidine rings is 1. The van der Waals surface area contributed by atoms with Crippen LogP contribution in [-0.2, 0) is 4.79 Å². The highest BCUT2D eigenvalue weighted by Crippen LogP contribution is 2.27. The topological polar surface area (TPSA) is 57.6 Å². The Labute approximate surface area is 127 Å². The average molecular weight is 311 g/mol. The van der Waals surface area contributed by atoms with E-state index in [2.05, 4.69) is 0 Å². The number of carboxylic acids is 1. The Morgan fingerprint density at radius 2 is 2.14 bits per heavy atom. The highest BCUT2D eigenvalue weighted by molar-refractivity contribution is 7.98. The van der Waals surface area contributed by atoms with Gasteiger partial charge in [-0.1, -0.05) is 0 Å². The van der Waals surface area contributed by atoms with Crippen molar-refractivity contribution in [1.82, 2.24) is 4.90 Å². The third-order valence-corrected chi connectivity index (χ3v) is 4.72. The Morgan fingerprint density at radius 3 is 2.76 bits per heavy atom. The molecule has 1 aromatic rings. The zero-order chi connectivity index (χ0) is 15.6. The largest absolute Gasteiger partial charge is 0.481 e. The van der Waals surface area contributed by atoms with E-state index >= 15 is 0 Å². The molecule has 2 rings (SSSR count). The predicted molar refractivity (Wildman–Crippen MR) is 79.0 cm³/mol. The van der Waals surface area contributed by atoms with Crippen molar-refractivity contribution in [2.45, 2.75) is 30.7 Å². The number of amides is 1. The first-order valence-electron chi connectivity index (χ1n) is 6.83. The van der Waals surface area contributed by atoms with Crippen LogP contribution in [0.15, 0.2) is 23.1 Å². The van der Waals surface area contributed by atoms with Crippen LogP contribution in [0.2, 0.25) is 0 Å². The van der Waals surface area contributed by atoms with Crippen molar-refractivity contribution in [1.29, 1.82) is 0 Å². The second kappa shape index (κ2) is 6.47. The van der Waals surface area contributed by atoms with Gasteiger partial charge in [0.2, 0.25) is 0 Å². The van der Waals surface area contributed by atoms with Crippen molar-refractivity contribution in [2.75, 3.05) is 12.8 Å². The molecule has 0 saturated carbocycles. The fraction of sp³-hybridized carbons (Fsp3) is 0.467. The van der Waals surface area contributed by atoms with Gasteiger partial charge in [-0.2, -0.15) is 0 Å². The summed E-state index contributed by atoms with van der Waals surface area (Å²) in [5.74, 6) is -2.00. The Bertz CT molecular complexity index is 564. The molecule has 2 atom stereocenters. The lowest BCUT2D eigenvalue weighted by Gasteiger charge is -2.37. The number of rotatable bonds is 3. The lowest BCUT2D eigenvalue weighted by atomic mass is 9.90. The summed E-state index contributed by atoms with van der Waals surface area (Å²) in [6, 6.07) is 3.91. The Balaban J connectivity index is 2.24. The molecule has 21 heavy (non-hydrogen) atoms. The van der Waals surface area contributed by atoms with Crippen LogP contribution in [0.5, 0.6) is 0 Å². The van der Waals surface area contributed by atoms with E-state index in [1.165, 1.54) is 30.0 Å². The van der Waals surface area contributed by atoms with E-state index in [-0.39, 0.29) is 17.8 Å². The summed E-state index contributed by atoms with van der Waals surface area (Å²) in [5, 5.41) is 9.21. The van der Waals surface area contributed by atoms with Crippen molar-refractivity contribution >= 4 is 23.6 Å². The molecule has 0 radical (unpaired) electrons. The van der Waals surface area contributed by atoms with Gasteiger partial charge in [-0.05, 0) is 44.2 Å². The molecule has 1 aromatic carbocycles. The third kappa shape index (κ3) is 3.20. The Hall–Kier alpha value is -1.56. The number of aliphatic carboxylic acids is 1. The minimum absolute atomic E-state index is 0.233. The number of carbonyl (C=O) groups excluding carboxylic acids is 1. The van der Waals surface area contributed by atoms with Crippen molar-refractivity contribution in [3.05, 3.63) is 29.6 Å². The molecule has 1 saturated heterocycles. The van der Waals surface area contributed by atoms with Gasteiger partial charge in [0.05, 0.1) is 5.92 Å². The fourth-order valence-electron chi connectivity index (χ4n) is 2.72. The third-order valence-electron chi connectivity index (χ3n) is 3.96. The average Bonchev–Trinajstić information content (AvgIpc) is 2.47. The van der Waals surface area contributed by atoms with E-state index in [9.17, 15) is 19.1 Å². The molecule has 1 fully saturated rings. The Morgan fingerprint density at radius 1 is 1.43 bits per heavy atom. The standard InChI is InChI=1S/C15H18FNO3S/c1-9-11(15(19)20)4-3-7-17(9)14(18)10-5-6-12(16)13(8-10)21-2/h5-6,8-9,11H,3-4,7H2,1-2H3,(H,19,20)/t9-,11-/m0/s1.